The Morgan fingerprint density at radius 3 is 2.58 bits per heavy atom. The highest BCUT2D eigenvalue weighted by atomic mass is 32.1. The van der Waals surface area contributed by atoms with Crippen LogP contribution in [0.15, 0.2) is 59.4 Å². The molecule has 1 aliphatic rings. The van der Waals surface area contributed by atoms with Crippen molar-refractivity contribution in [2.45, 2.75) is 19.6 Å². The maximum atomic E-state index is 13.0. The van der Waals surface area contributed by atoms with Crippen LogP contribution in [0.5, 0.6) is 5.75 Å². The number of hydrogen-bond acceptors (Lipinski definition) is 6. The summed E-state index contributed by atoms with van der Waals surface area (Å²) in [6, 6.07) is 15.5. The smallest absolute Gasteiger partial charge is 0.251 e. The highest BCUT2D eigenvalue weighted by Crippen LogP contribution is 2.19. The second-order valence-corrected chi connectivity index (χ2v) is 8.36. The molecular weight excluding hydrogens is 410 g/mol. The van der Waals surface area contributed by atoms with Crippen LogP contribution in [-0.2, 0) is 11.3 Å². The zero-order valence-corrected chi connectivity index (χ0v) is 18.4. The highest BCUT2D eigenvalue weighted by molar-refractivity contribution is 7.07. The van der Waals surface area contributed by atoms with E-state index >= 15 is 0 Å². The second kappa shape index (κ2) is 10.5. The van der Waals surface area contributed by atoms with Crippen molar-refractivity contribution in [3.63, 3.8) is 0 Å². The van der Waals surface area contributed by atoms with Gasteiger partial charge in [0.15, 0.2) is 0 Å². The fourth-order valence-corrected chi connectivity index (χ4v) is 4.03. The quantitative estimate of drug-likeness (QED) is 0.580. The number of hydrogen-bond donors (Lipinski definition) is 1. The molecule has 3 aromatic rings. The van der Waals surface area contributed by atoms with Crippen molar-refractivity contribution < 1.29 is 14.3 Å². The Labute approximate surface area is 186 Å². The van der Waals surface area contributed by atoms with Gasteiger partial charge in [0.2, 0.25) is 0 Å². The van der Waals surface area contributed by atoms with Gasteiger partial charge in [-0.3, -0.25) is 9.69 Å². The molecule has 1 amide bonds. The molecule has 4 rings (SSSR count). The van der Waals surface area contributed by atoms with Crippen molar-refractivity contribution in [2.24, 2.45) is 0 Å². The summed E-state index contributed by atoms with van der Waals surface area (Å²) in [5, 5.41) is 5.18. The van der Waals surface area contributed by atoms with Gasteiger partial charge >= 0.3 is 0 Å². The lowest BCUT2D eigenvalue weighted by molar-refractivity contribution is 0.0332. The summed E-state index contributed by atoms with van der Waals surface area (Å²) >= 11 is 1.54. The highest BCUT2D eigenvalue weighted by Gasteiger charge is 2.21. The predicted molar refractivity (Wildman–Crippen MR) is 122 cm³/mol. The van der Waals surface area contributed by atoms with Crippen LogP contribution >= 0.6 is 11.3 Å². The van der Waals surface area contributed by atoms with Gasteiger partial charge in [0.25, 0.3) is 5.91 Å². The molecular formula is C24H27N3O3S. The van der Waals surface area contributed by atoms with Crippen molar-refractivity contribution in [3.05, 3.63) is 81.8 Å². The lowest BCUT2D eigenvalue weighted by Gasteiger charge is -2.31. The lowest BCUT2D eigenvalue weighted by atomic mass is 10.0. The number of amides is 1. The lowest BCUT2D eigenvalue weighted by Crippen LogP contribution is -2.43. The molecule has 0 bridgehead atoms. The molecule has 1 aromatic heterocycles. The van der Waals surface area contributed by atoms with Crippen LogP contribution in [0.25, 0.3) is 0 Å². The third-order valence-electron chi connectivity index (χ3n) is 5.32. The summed E-state index contributed by atoms with van der Waals surface area (Å²) in [6.07, 6.45) is 0. The fourth-order valence-electron chi connectivity index (χ4n) is 3.49. The van der Waals surface area contributed by atoms with Gasteiger partial charge in [-0.2, -0.15) is 0 Å². The van der Waals surface area contributed by atoms with Gasteiger partial charge in [0.05, 0.1) is 30.5 Å². The first-order chi connectivity index (χ1) is 15.2. The van der Waals surface area contributed by atoms with Gasteiger partial charge in [-0.1, -0.05) is 29.8 Å². The van der Waals surface area contributed by atoms with Crippen molar-refractivity contribution in [3.8, 4) is 5.75 Å². The largest absolute Gasteiger partial charge is 0.487 e. The van der Waals surface area contributed by atoms with Crippen molar-refractivity contribution in [1.29, 1.82) is 0 Å². The maximum Gasteiger partial charge on any atom is 0.251 e. The molecule has 1 atom stereocenters. The molecule has 6 nitrogen and oxygen atoms in total. The second-order valence-electron chi connectivity index (χ2n) is 7.64. The summed E-state index contributed by atoms with van der Waals surface area (Å²) in [4.78, 5) is 19.5. The predicted octanol–water partition coefficient (Wildman–Crippen LogP) is 3.83. The summed E-state index contributed by atoms with van der Waals surface area (Å²) in [7, 11) is 0. The van der Waals surface area contributed by atoms with Crippen LogP contribution in [0.2, 0.25) is 0 Å². The van der Waals surface area contributed by atoms with Gasteiger partial charge in [0, 0.05) is 30.6 Å². The summed E-state index contributed by atoms with van der Waals surface area (Å²) in [6.45, 7) is 6.47. The zero-order valence-electron chi connectivity index (χ0n) is 17.6. The minimum absolute atomic E-state index is 0.0909. The Kier molecular flexibility index (Phi) is 7.30. The third-order valence-corrected chi connectivity index (χ3v) is 5.95. The SMILES string of the molecule is Cc1ccc([C@H](CN2CCOCC2)NC(=O)c2ccc(OCc3cscn3)cc2)cc1. The van der Waals surface area contributed by atoms with E-state index in [1.54, 1.807) is 29.0 Å². The van der Waals surface area contributed by atoms with E-state index in [0.717, 1.165) is 44.1 Å². The Hall–Kier alpha value is -2.74. The number of aromatic nitrogens is 1. The Bertz CT molecular complexity index is 953. The van der Waals surface area contributed by atoms with Crippen LogP contribution < -0.4 is 10.1 Å². The Morgan fingerprint density at radius 2 is 1.90 bits per heavy atom. The van der Waals surface area contributed by atoms with E-state index in [0.29, 0.717) is 17.9 Å². The zero-order chi connectivity index (χ0) is 21.5. The number of rotatable bonds is 8. The molecule has 1 fully saturated rings. The molecule has 0 radical (unpaired) electrons. The van der Waals surface area contributed by atoms with E-state index in [1.807, 2.05) is 17.5 Å². The molecule has 0 aliphatic carbocycles. The van der Waals surface area contributed by atoms with Crippen LogP contribution in [0.1, 0.15) is 33.2 Å². The Balaban J connectivity index is 1.41. The van der Waals surface area contributed by atoms with E-state index in [-0.39, 0.29) is 11.9 Å². The molecule has 0 spiro atoms. The van der Waals surface area contributed by atoms with Gasteiger partial charge in [0.1, 0.15) is 12.4 Å². The molecule has 2 aromatic carbocycles. The van der Waals surface area contributed by atoms with E-state index in [9.17, 15) is 4.79 Å². The molecule has 1 saturated heterocycles. The number of ether oxygens (including phenoxy) is 2. The molecule has 0 unspecified atom stereocenters. The molecule has 1 N–H and O–H groups in total. The van der Waals surface area contributed by atoms with Gasteiger partial charge in [-0.15, -0.1) is 11.3 Å². The molecule has 0 saturated carbocycles. The number of aryl methyl sites for hydroxylation is 1. The normalized spacial score (nSPS) is 15.4. The summed E-state index contributed by atoms with van der Waals surface area (Å²) < 4.78 is 11.2. The topological polar surface area (TPSA) is 63.7 Å². The number of nitrogens with one attached hydrogen (secondary N) is 1. The van der Waals surface area contributed by atoms with Crippen LogP contribution in [0, 0.1) is 6.92 Å². The number of morpholine rings is 1. The van der Waals surface area contributed by atoms with Crippen LogP contribution in [0.3, 0.4) is 0 Å². The number of thiazole rings is 1. The monoisotopic (exact) mass is 437 g/mol. The first kappa shape index (κ1) is 21.5. The van der Waals surface area contributed by atoms with E-state index < -0.39 is 0 Å². The van der Waals surface area contributed by atoms with E-state index in [2.05, 4.69) is 46.4 Å². The summed E-state index contributed by atoms with van der Waals surface area (Å²) in [5.74, 6) is 0.623. The van der Waals surface area contributed by atoms with Crippen LogP contribution in [0.4, 0.5) is 0 Å². The number of nitrogens with zero attached hydrogens (tertiary/aromatic N) is 2. The third kappa shape index (κ3) is 6.13. The number of benzene rings is 2. The maximum absolute atomic E-state index is 13.0. The van der Waals surface area contributed by atoms with E-state index in [4.69, 9.17) is 9.47 Å². The first-order valence-corrected chi connectivity index (χ1v) is 11.4. The molecule has 2 heterocycles. The standard InChI is InChI=1S/C24H27N3O3S/c1-18-2-4-19(5-3-18)23(14-27-10-12-29-13-11-27)26-24(28)20-6-8-22(9-7-20)30-15-21-16-31-17-25-21/h2-9,16-17,23H,10-15H2,1H3,(H,26,28)/t23-/m0/s1. The minimum Gasteiger partial charge on any atom is -0.487 e. The van der Waals surface area contributed by atoms with Gasteiger partial charge in [-0.25, -0.2) is 4.98 Å². The van der Waals surface area contributed by atoms with Crippen molar-refractivity contribution in [2.75, 3.05) is 32.8 Å². The van der Waals surface area contributed by atoms with Crippen LogP contribution in [-0.4, -0.2) is 48.6 Å². The first-order valence-electron chi connectivity index (χ1n) is 10.4. The molecule has 1 aliphatic heterocycles. The fraction of sp³-hybridized carbons (Fsp3) is 0.333. The summed E-state index contributed by atoms with van der Waals surface area (Å²) in [5.41, 5.74) is 5.60. The average Bonchev–Trinajstić information content (AvgIpc) is 3.32. The van der Waals surface area contributed by atoms with Gasteiger partial charge in [-0.05, 0) is 36.8 Å². The van der Waals surface area contributed by atoms with Crippen molar-refractivity contribution in [1.82, 2.24) is 15.2 Å². The number of carbonyl (C=O) groups excluding carboxylic acids is 1. The molecule has 162 valence electrons. The Morgan fingerprint density at radius 1 is 1.16 bits per heavy atom. The van der Waals surface area contributed by atoms with E-state index in [1.165, 1.54) is 5.56 Å². The number of carbonyl (C=O) groups is 1. The van der Waals surface area contributed by atoms with Crippen molar-refractivity contribution >= 4 is 17.2 Å². The average molecular weight is 438 g/mol. The minimum atomic E-state index is -0.0927. The molecule has 7 heteroatoms. The molecule has 31 heavy (non-hydrogen) atoms. The van der Waals surface area contributed by atoms with Gasteiger partial charge < -0.3 is 14.8 Å².